The summed E-state index contributed by atoms with van der Waals surface area (Å²) < 4.78 is 9.94. The lowest BCUT2D eigenvalue weighted by molar-refractivity contribution is 0.166. The van der Waals surface area contributed by atoms with Crippen molar-refractivity contribution in [3.05, 3.63) is 47.9 Å². The zero-order valence-electron chi connectivity index (χ0n) is 13.9. The molecule has 0 saturated carbocycles. The molecule has 1 unspecified atom stereocenters. The summed E-state index contributed by atoms with van der Waals surface area (Å²) in [6, 6.07) is 5.98. The summed E-state index contributed by atoms with van der Waals surface area (Å²) >= 11 is 0. The number of carbonyl (C=O) groups excluding carboxylic acids is 1. The highest BCUT2D eigenvalue weighted by Gasteiger charge is 2.16. The largest absolute Gasteiger partial charge is 0.481 e. The van der Waals surface area contributed by atoms with Crippen LogP contribution in [0.25, 0.3) is 0 Å². The third-order valence-electron chi connectivity index (χ3n) is 3.31. The predicted octanol–water partition coefficient (Wildman–Crippen LogP) is 1.54. The van der Waals surface area contributed by atoms with Crippen LogP contribution in [0.1, 0.15) is 17.3 Å². The highest BCUT2D eigenvalue weighted by Crippen LogP contribution is 2.16. The van der Waals surface area contributed by atoms with Gasteiger partial charge in [0.1, 0.15) is 5.82 Å². The fourth-order valence-electron chi connectivity index (χ4n) is 2.10. The number of hydrogen-bond donors (Lipinski definition) is 4. The van der Waals surface area contributed by atoms with E-state index in [2.05, 4.69) is 20.6 Å². The van der Waals surface area contributed by atoms with E-state index in [1.165, 1.54) is 19.4 Å². The van der Waals surface area contributed by atoms with E-state index in [0.717, 1.165) is 0 Å². The summed E-state index contributed by atoms with van der Waals surface area (Å²) in [5, 5.41) is 13.0. The molecule has 0 fully saturated rings. The van der Waals surface area contributed by atoms with Crippen molar-refractivity contribution in [2.45, 2.75) is 6.04 Å². The van der Waals surface area contributed by atoms with Crippen LogP contribution in [0.5, 0.6) is 0 Å². The first-order valence-corrected chi connectivity index (χ1v) is 7.41. The van der Waals surface area contributed by atoms with E-state index in [9.17, 15) is 4.79 Å². The maximum absolute atomic E-state index is 12.2. The van der Waals surface area contributed by atoms with Gasteiger partial charge in [0.15, 0.2) is 0 Å². The van der Waals surface area contributed by atoms with Crippen molar-refractivity contribution in [2.75, 3.05) is 31.9 Å². The van der Waals surface area contributed by atoms with Gasteiger partial charge in [-0.3, -0.25) is 15.7 Å². The Morgan fingerprint density at radius 2 is 2.16 bits per heavy atom. The third kappa shape index (κ3) is 4.88. The number of hydrogen-bond acceptors (Lipinski definition) is 7. The number of nitrogens with two attached hydrogens (primary N) is 1. The molecule has 2 aromatic rings. The summed E-state index contributed by atoms with van der Waals surface area (Å²) in [5.41, 5.74) is 7.15. The van der Waals surface area contributed by atoms with Crippen LogP contribution in [0.4, 0.5) is 16.3 Å². The lowest BCUT2D eigenvalue weighted by atomic mass is 10.2. The monoisotopic (exact) mass is 344 g/mol. The fourth-order valence-corrected chi connectivity index (χ4v) is 2.10. The molecule has 0 aliphatic carbocycles. The van der Waals surface area contributed by atoms with Crippen molar-refractivity contribution in [2.24, 2.45) is 0 Å². The second kappa shape index (κ2) is 8.60. The molecule has 0 spiro atoms. The van der Waals surface area contributed by atoms with Crippen molar-refractivity contribution >= 4 is 23.4 Å². The van der Waals surface area contributed by atoms with Gasteiger partial charge >= 0.3 is 6.03 Å². The van der Waals surface area contributed by atoms with Gasteiger partial charge in [0.2, 0.25) is 5.90 Å². The van der Waals surface area contributed by atoms with Gasteiger partial charge in [-0.05, 0) is 12.1 Å². The molecule has 0 radical (unpaired) electrons. The van der Waals surface area contributed by atoms with Gasteiger partial charge in [-0.15, -0.1) is 0 Å². The average molecular weight is 344 g/mol. The molecule has 2 rings (SSSR count). The molecule has 25 heavy (non-hydrogen) atoms. The van der Waals surface area contributed by atoms with Crippen LogP contribution in [-0.4, -0.2) is 42.7 Å². The fraction of sp³-hybridized carbons (Fsp3) is 0.250. The van der Waals surface area contributed by atoms with Crippen LogP contribution >= 0.6 is 0 Å². The zero-order valence-corrected chi connectivity index (χ0v) is 13.9. The van der Waals surface area contributed by atoms with E-state index < -0.39 is 12.1 Å². The van der Waals surface area contributed by atoms with E-state index >= 15 is 0 Å². The van der Waals surface area contributed by atoms with Crippen LogP contribution in [-0.2, 0) is 9.47 Å². The van der Waals surface area contributed by atoms with Crippen LogP contribution < -0.4 is 16.4 Å². The van der Waals surface area contributed by atoms with Crippen molar-refractivity contribution < 1.29 is 14.3 Å². The minimum Gasteiger partial charge on any atom is -0.481 e. The van der Waals surface area contributed by atoms with Crippen molar-refractivity contribution in [3.63, 3.8) is 0 Å². The Morgan fingerprint density at radius 3 is 2.76 bits per heavy atom. The maximum atomic E-state index is 12.2. The lowest BCUT2D eigenvalue weighted by Gasteiger charge is -2.18. The van der Waals surface area contributed by atoms with E-state index in [1.54, 1.807) is 25.4 Å². The zero-order chi connectivity index (χ0) is 18.2. The molecule has 9 heteroatoms. The molecule has 0 bridgehead atoms. The van der Waals surface area contributed by atoms with Gasteiger partial charge in [-0.1, -0.05) is 6.07 Å². The number of nitrogens with zero attached hydrogens (tertiary/aromatic N) is 2. The van der Waals surface area contributed by atoms with Crippen LogP contribution in [0.2, 0.25) is 0 Å². The van der Waals surface area contributed by atoms with Gasteiger partial charge in [-0.25, -0.2) is 9.78 Å². The number of amides is 2. The number of carbonyl (C=O) groups is 1. The molecule has 0 aromatic carbocycles. The Labute approximate surface area is 145 Å². The van der Waals surface area contributed by atoms with Gasteiger partial charge in [0, 0.05) is 31.3 Å². The molecule has 2 heterocycles. The number of anilines is 2. The molecular weight excluding hydrogens is 324 g/mol. The van der Waals surface area contributed by atoms with E-state index in [0.29, 0.717) is 11.3 Å². The summed E-state index contributed by atoms with van der Waals surface area (Å²) in [7, 11) is 2.91. The molecule has 2 amide bonds. The second-order valence-corrected chi connectivity index (χ2v) is 5.05. The first kappa shape index (κ1) is 18.1. The first-order chi connectivity index (χ1) is 12.0. The Hall–Kier alpha value is -3.20. The average Bonchev–Trinajstić information content (AvgIpc) is 2.61. The molecule has 0 aliphatic heterocycles. The molecule has 2 aromatic heterocycles. The predicted molar refractivity (Wildman–Crippen MR) is 93.5 cm³/mol. The number of ether oxygens (including phenoxy) is 2. The number of aromatic nitrogens is 2. The van der Waals surface area contributed by atoms with Gasteiger partial charge < -0.3 is 20.5 Å². The Bertz CT molecular complexity index is 738. The number of urea groups is 1. The van der Waals surface area contributed by atoms with Gasteiger partial charge in [-0.2, -0.15) is 0 Å². The minimum atomic E-state index is -0.478. The van der Waals surface area contributed by atoms with Crippen molar-refractivity contribution in [1.82, 2.24) is 15.3 Å². The number of nitrogen functional groups attached to an aromatic ring is 1. The molecule has 132 valence electrons. The smallest absolute Gasteiger partial charge is 0.321 e. The molecule has 0 aliphatic rings. The minimum absolute atomic E-state index is 0.101. The summed E-state index contributed by atoms with van der Waals surface area (Å²) in [4.78, 5) is 20.5. The number of nitrogens with one attached hydrogen (secondary N) is 3. The molecule has 1 atom stereocenters. The van der Waals surface area contributed by atoms with Gasteiger partial charge in [0.25, 0.3) is 0 Å². The van der Waals surface area contributed by atoms with Crippen LogP contribution in [0.15, 0.2) is 36.7 Å². The highest BCUT2D eigenvalue weighted by molar-refractivity contribution is 5.97. The summed E-state index contributed by atoms with van der Waals surface area (Å²) in [6.45, 7) is 0.268. The Kier molecular flexibility index (Phi) is 6.24. The third-order valence-corrected chi connectivity index (χ3v) is 3.31. The number of methoxy groups -OCH3 is 2. The first-order valence-electron chi connectivity index (χ1n) is 7.41. The lowest BCUT2D eigenvalue weighted by Crippen LogP contribution is -2.35. The molecular formula is C16H20N6O3. The topological polar surface area (TPSA) is 135 Å². The van der Waals surface area contributed by atoms with Crippen molar-refractivity contribution in [1.29, 1.82) is 5.41 Å². The van der Waals surface area contributed by atoms with Crippen LogP contribution in [0, 0.1) is 5.41 Å². The van der Waals surface area contributed by atoms with Crippen molar-refractivity contribution in [3.8, 4) is 0 Å². The van der Waals surface area contributed by atoms with Crippen LogP contribution in [0.3, 0.4) is 0 Å². The second-order valence-electron chi connectivity index (χ2n) is 5.05. The van der Waals surface area contributed by atoms with Gasteiger partial charge in [0.05, 0.1) is 31.0 Å². The van der Waals surface area contributed by atoms with E-state index in [4.69, 9.17) is 20.6 Å². The number of pyridine rings is 2. The quantitative estimate of drug-likeness (QED) is 0.464. The standard InChI is InChI=1S/C16H20N6O3/c1-24-9-13(12-5-3-4-6-19-12)21-16(23)22-14-7-11(17)10(8-20-14)15(18)25-2/h3-8,13,18H,9H2,1-2H3,(H4,17,20,21,22,23). The Balaban J connectivity index is 2.05. The Morgan fingerprint density at radius 1 is 1.36 bits per heavy atom. The summed E-state index contributed by atoms with van der Waals surface area (Å²) in [6.07, 6.45) is 3.01. The molecule has 5 N–H and O–H groups in total. The SMILES string of the molecule is COCC(NC(=O)Nc1cc(N)c(C(=N)OC)cn1)c1ccccn1. The normalized spacial score (nSPS) is 11.4. The molecule has 0 saturated heterocycles. The summed E-state index contributed by atoms with van der Waals surface area (Å²) in [5.74, 6) is 0.149. The van der Waals surface area contributed by atoms with E-state index in [-0.39, 0.29) is 24.0 Å². The highest BCUT2D eigenvalue weighted by atomic mass is 16.5. The molecule has 9 nitrogen and oxygen atoms in total. The maximum Gasteiger partial charge on any atom is 0.321 e. The number of rotatable bonds is 6. The van der Waals surface area contributed by atoms with E-state index in [1.807, 2.05) is 6.07 Å².